The van der Waals surface area contributed by atoms with Gasteiger partial charge in [-0.3, -0.25) is 4.90 Å². The van der Waals surface area contributed by atoms with E-state index < -0.39 is 0 Å². The lowest BCUT2D eigenvalue weighted by Gasteiger charge is -2.15. The lowest BCUT2D eigenvalue weighted by molar-refractivity contribution is 0.320. The summed E-state index contributed by atoms with van der Waals surface area (Å²) in [6.45, 7) is 2.81. The van der Waals surface area contributed by atoms with E-state index in [1.54, 1.807) is 11.3 Å². The Labute approximate surface area is 158 Å². The molecule has 2 aromatic carbocycles. The zero-order valence-corrected chi connectivity index (χ0v) is 15.5. The van der Waals surface area contributed by atoms with Crippen molar-refractivity contribution in [2.45, 2.75) is 18.5 Å². The summed E-state index contributed by atoms with van der Waals surface area (Å²) in [4.78, 5) is 7.23. The molecule has 4 rings (SSSR count). The third-order valence-electron chi connectivity index (χ3n) is 4.63. The van der Waals surface area contributed by atoms with Gasteiger partial charge in [-0.05, 0) is 5.56 Å². The number of hydrogen-bond acceptors (Lipinski definition) is 4. The van der Waals surface area contributed by atoms with Gasteiger partial charge in [0, 0.05) is 42.5 Å². The number of nitrogens with zero attached hydrogens (tertiary/aromatic N) is 2. The van der Waals surface area contributed by atoms with Crippen LogP contribution >= 0.6 is 23.7 Å². The summed E-state index contributed by atoms with van der Waals surface area (Å²) in [7, 11) is 0. The second-order valence-electron chi connectivity index (χ2n) is 6.39. The quantitative estimate of drug-likeness (QED) is 0.748. The Kier molecular flexibility index (Phi) is 5.86. The highest BCUT2D eigenvalue weighted by atomic mass is 35.5. The zero-order chi connectivity index (χ0) is 16.4. The summed E-state index contributed by atoms with van der Waals surface area (Å²) < 4.78 is 0. The van der Waals surface area contributed by atoms with Crippen LogP contribution in [0.4, 0.5) is 0 Å². The molecule has 3 aromatic rings. The molecule has 1 fully saturated rings. The fourth-order valence-electron chi connectivity index (χ4n) is 3.42. The van der Waals surface area contributed by atoms with E-state index in [4.69, 9.17) is 10.7 Å². The molecule has 2 N–H and O–H groups in total. The fraction of sp³-hybridized carbons (Fsp3) is 0.250. The number of hydrogen-bond donors (Lipinski definition) is 1. The van der Waals surface area contributed by atoms with Gasteiger partial charge in [-0.1, -0.05) is 60.7 Å². The lowest BCUT2D eigenvalue weighted by Crippen LogP contribution is -2.28. The molecule has 0 radical (unpaired) electrons. The van der Waals surface area contributed by atoms with Crippen molar-refractivity contribution < 1.29 is 0 Å². The Morgan fingerprint density at radius 3 is 2.40 bits per heavy atom. The molecule has 1 aromatic heterocycles. The minimum atomic E-state index is 0. The number of benzene rings is 2. The summed E-state index contributed by atoms with van der Waals surface area (Å²) in [5.41, 5.74) is 10.1. The Hall–Kier alpha value is -1.72. The number of halogens is 1. The zero-order valence-electron chi connectivity index (χ0n) is 13.9. The molecular weight excluding hydrogens is 350 g/mol. The van der Waals surface area contributed by atoms with E-state index >= 15 is 0 Å². The van der Waals surface area contributed by atoms with Gasteiger partial charge < -0.3 is 5.73 Å². The van der Waals surface area contributed by atoms with Gasteiger partial charge in [-0.15, -0.1) is 23.7 Å². The molecule has 2 atom stereocenters. The molecule has 0 spiro atoms. The van der Waals surface area contributed by atoms with E-state index in [2.05, 4.69) is 64.9 Å². The van der Waals surface area contributed by atoms with Crippen molar-refractivity contribution in [1.29, 1.82) is 0 Å². The monoisotopic (exact) mass is 371 g/mol. The molecule has 2 heterocycles. The largest absolute Gasteiger partial charge is 0.326 e. The van der Waals surface area contributed by atoms with Crippen LogP contribution < -0.4 is 5.73 Å². The summed E-state index contributed by atoms with van der Waals surface area (Å²) >= 11 is 1.71. The molecule has 0 aliphatic carbocycles. The van der Waals surface area contributed by atoms with Crippen molar-refractivity contribution in [3.63, 3.8) is 0 Å². The van der Waals surface area contributed by atoms with Crippen LogP contribution in [0.3, 0.4) is 0 Å². The van der Waals surface area contributed by atoms with Crippen molar-refractivity contribution in [3.05, 3.63) is 77.3 Å². The first-order chi connectivity index (χ1) is 11.8. The van der Waals surface area contributed by atoms with Gasteiger partial charge in [0.05, 0.1) is 5.69 Å². The van der Waals surface area contributed by atoms with Crippen molar-refractivity contribution in [3.8, 4) is 10.6 Å². The van der Waals surface area contributed by atoms with Crippen LogP contribution in [0.2, 0.25) is 0 Å². The molecule has 0 amide bonds. The van der Waals surface area contributed by atoms with Gasteiger partial charge in [0.25, 0.3) is 0 Å². The van der Waals surface area contributed by atoms with Crippen LogP contribution in [0.1, 0.15) is 17.2 Å². The molecule has 1 aliphatic rings. The topological polar surface area (TPSA) is 42.1 Å². The van der Waals surface area contributed by atoms with E-state index in [0.717, 1.165) is 30.3 Å². The van der Waals surface area contributed by atoms with Crippen molar-refractivity contribution in [1.82, 2.24) is 9.88 Å². The Morgan fingerprint density at radius 2 is 1.68 bits per heavy atom. The van der Waals surface area contributed by atoms with Gasteiger partial charge in [0.1, 0.15) is 5.01 Å². The van der Waals surface area contributed by atoms with Crippen LogP contribution in [-0.2, 0) is 6.54 Å². The Balaban J connectivity index is 0.00000182. The van der Waals surface area contributed by atoms with Crippen molar-refractivity contribution in [2.75, 3.05) is 13.1 Å². The number of aromatic nitrogens is 1. The lowest BCUT2D eigenvalue weighted by atomic mass is 9.95. The van der Waals surface area contributed by atoms with Crippen LogP contribution in [-0.4, -0.2) is 29.0 Å². The molecule has 0 bridgehead atoms. The van der Waals surface area contributed by atoms with Crippen LogP contribution in [0, 0.1) is 0 Å². The van der Waals surface area contributed by atoms with Crippen LogP contribution in [0.25, 0.3) is 10.6 Å². The fourth-order valence-corrected chi connectivity index (χ4v) is 4.23. The molecule has 130 valence electrons. The van der Waals surface area contributed by atoms with Crippen molar-refractivity contribution >= 4 is 23.7 Å². The second-order valence-corrected chi connectivity index (χ2v) is 7.24. The third kappa shape index (κ3) is 4.10. The van der Waals surface area contributed by atoms with E-state index in [1.165, 1.54) is 11.1 Å². The first-order valence-electron chi connectivity index (χ1n) is 8.32. The van der Waals surface area contributed by atoms with Gasteiger partial charge >= 0.3 is 0 Å². The van der Waals surface area contributed by atoms with Crippen LogP contribution in [0.15, 0.2) is 66.0 Å². The predicted octanol–water partition coefficient (Wildman–Crippen LogP) is 4.16. The summed E-state index contributed by atoms with van der Waals surface area (Å²) in [5, 5.41) is 3.26. The van der Waals surface area contributed by atoms with E-state index in [0.29, 0.717) is 5.92 Å². The van der Waals surface area contributed by atoms with E-state index in [9.17, 15) is 0 Å². The molecule has 1 saturated heterocycles. The van der Waals surface area contributed by atoms with Gasteiger partial charge in [-0.2, -0.15) is 0 Å². The maximum Gasteiger partial charge on any atom is 0.123 e. The minimum Gasteiger partial charge on any atom is -0.326 e. The number of rotatable bonds is 4. The second kappa shape index (κ2) is 8.11. The molecule has 25 heavy (non-hydrogen) atoms. The maximum absolute atomic E-state index is 6.39. The predicted molar refractivity (Wildman–Crippen MR) is 107 cm³/mol. The molecular formula is C20H22ClN3S. The Morgan fingerprint density at radius 1 is 1.00 bits per heavy atom. The highest BCUT2D eigenvalue weighted by Gasteiger charge is 2.31. The molecule has 0 unspecified atom stereocenters. The SMILES string of the molecule is Cl.N[C@@H]1CN(Cc2csc(-c3ccccc3)n2)C[C@H]1c1ccccc1. The highest BCUT2D eigenvalue weighted by Crippen LogP contribution is 2.29. The summed E-state index contributed by atoms with van der Waals surface area (Å²) in [6, 6.07) is 21.2. The Bertz CT molecular complexity index is 791. The maximum atomic E-state index is 6.39. The van der Waals surface area contributed by atoms with Gasteiger partial charge in [0.15, 0.2) is 0 Å². The highest BCUT2D eigenvalue weighted by molar-refractivity contribution is 7.13. The third-order valence-corrected chi connectivity index (χ3v) is 5.57. The minimum absolute atomic E-state index is 0. The summed E-state index contributed by atoms with van der Waals surface area (Å²) in [5.74, 6) is 0.415. The number of likely N-dealkylation sites (tertiary alicyclic amines) is 1. The smallest absolute Gasteiger partial charge is 0.123 e. The normalized spacial score (nSPS) is 20.4. The molecule has 0 saturated carbocycles. The van der Waals surface area contributed by atoms with E-state index in [-0.39, 0.29) is 18.4 Å². The number of nitrogens with two attached hydrogens (primary N) is 1. The first-order valence-corrected chi connectivity index (χ1v) is 9.20. The van der Waals surface area contributed by atoms with E-state index in [1.807, 2.05) is 6.07 Å². The number of thiazole rings is 1. The van der Waals surface area contributed by atoms with Gasteiger partial charge in [-0.25, -0.2) is 4.98 Å². The van der Waals surface area contributed by atoms with Crippen LogP contribution in [0.5, 0.6) is 0 Å². The van der Waals surface area contributed by atoms with Gasteiger partial charge in [0.2, 0.25) is 0 Å². The van der Waals surface area contributed by atoms with Crippen molar-refractivity contribution in [2.24, 2.45) is 5.73 Å². The summed E-state index contributed by atoms with van der Waals surface area (Å²) in [6.07, 6.45) is 0. The first kappa shape index (κ1) is 18.1. The average molecular weight is 372 g/mol. The average Bonchev–Trinajstić information content (AvgIpc) is 3.23. The molecule has 1 aliphatic heterocycles. The molecule has 5 heteroatoms. The standard InChI is InChI=1S/C20H21N3S.ClH/c21-19-13-23(12-18(19)15-7-3-1-4-8-15)11-17-14-24-20(22-17)16-9-5-2-6-10-16;/h1-10,14,18-19H,11-13,21H2;1H/t18-,19+;/m0./s1. The molecule has 3 nitrogen and oxygen atoms in total.